The lowest BCUT2D eigenvalue weighted by molar-refractivity contribution is -0.158. The van der Waals surface area contributed by atoms with Gasteiger partial charge in [0.05, 0.1) is 5.92 Å². The molecule has 1 aliphatic rings. The minimum atomic E-state index is -3.80. The molecule has 21 heavy (non-hydrogen) atoms. The highest BCUT2D eigenvalue weighted by molar-refractivity contribution is 5.86. The first kappa shape index (κ1) is 15.3. The average molecular weight is 301 g/mol. The van der Waals surface area contributed by atoms with Gasteiger partial charge in [-0.05, 0) is 30.2 Å². The zero-order valence-electron chi connectivity index (χ0n) is 11.2. The largest absolute Gasteiger partial charge is 0.481 e. The van der Waals surface area contributed by atoms with Crippen LogP contribution in [0.25, 0.3) is 0 Å². The SMILES string of the molecule is C[C@@H]1CN(C(=O)C(F)(F)c2ccc(F)cc2)C[C@H]1C(=O)O. The number of carbonyl (C=O) groups excluding carboxylic acids is 1. The van der Waals surface area contributed by atoms with E-state index in [1.54, 1.807) is 6.92 Å². The van der Waals surface area contributed by atoms with Gasteiger partial charge in [-0.1, -0.05) is 6.92 Å². The first-order valence-electron chi connectivity index (χ1n) is 6.39. The van der Waals surface area contributed by atoms with Crippen molar-refractivity contribution in [3.63, 3.8) is 0 Å². The Morgan fingerprint density at radius 1 is 1.24 bits per heavy atom. The molecule has 1 aromatic rings. The van der Waals surface area contributed by atoms with E-state index in [1.165, 1.54) is 0 Å². The highest BCUT2D eigenvalue weighted by atomic mass is 19.3. The number of halogens is 3. The maximum absolute atomic E-state index is 14.1. The van der Waals surface area contributed by atoms with Crippen molar-refractivity contribution >= 4 is 11.9 Å². The summed E-state index contributed by atoms with van der Waals surface area (Å²) >= 11 is 0. The maximum Gasteiger partial charge on any atom is 0.349 e. The van der Waals surface area contributed by atoms with Gasteiger partial charge in [-0.15, -0.1) is 0 Å². The van der Waals surface area contributed by atoms with Crippen molar-refractivity contribution < 1.29 is 27.9 Å². The summed E-state index contributed by atoms with van der Waals surface area (Å²) in [5, 5.41) is 8.97. The predicted molar refractivity (Wildman–Crippen MR) is 67.2 cm³/mol. The molecular formula is C14H14F3NO3. The maximum atomic E-state index is 14.1. The quantitative estimate of drug-likeness (QED) is 0.930. The fourth-order valence-corrected chi connectivity index (χ4v) is 2.44. The molecule has 1 N–H and O–H groups in total. The third-order valence-corrected chi connectivity index (χ3v) is 3.69. The van der Waals surface area contributed by atoms with E-state index in [1.807, 2.05) is 0 Å². The summed E-state index contributed by atoms with van der Waals surface area (Å²) in [5.41, 5.74) is -0.611. The number of carboxylic acid groups (broad SMARTS) is 1. The number of aliphatic carboxylic acids is 1. The lowest BCUT2D eigenvalue weighted by Crippen LogP contribution is -2.41. The molecule has 1 aromatic carbocycles. The van der Waals surface area contributed by atoms with Crippen LogP contribution >= 0.6 is 0 Å². The van der Waals surface area contributed by atoms with Crippen molar-refractivity contribution in [1.82, 2.24) is 4.90 Å². The number of hydrogen-bond acceptors (Lipinski definition) is 2. The number of alkyl halides is 2. The topological polar surface area (TPSA) is 57.6 Å². The normalized spacial score (nSPS) is 22.4. The molecule has 2 atom stereocenters. The fourth-order valence-electron chi connectivity index (χ4n) is 2.44. The first-order valence-corrected chi connectivity index (χ1v) is 6.39. The van der Waals surface area contributed by atoms with Gasteiger partial charge in [-0.25, -0.2) is 4.39 Å². The van der Waals surface area contributed by atoms with E-state index in [2.05, 4.69) is 0 Å². The average Bonchev–Trinajstić information content (AvgIpc) is 2.80. The molecule has 0 bridgehead atoms. The number of carbonyl (C=O) groups is 2. The van der Waals surface area contributed by atoms with Gasteiger partial charge < -0.3 is 10.0 Å². The van der Waals surface area contributed by atoms with Gasteiger partial charge in [-0.3, -0.25) is 9.59 Å². The van der Waals surface area contributed by atoms with E-state index < -0.39 is 41.0 Å². The van der Waals surface area contributed by atoms with Crippen LogP contribution in [0.5, 0.6) is 0 Å². The zero-order chi connectivity index (χ0) is 15.8. The Morgan fingerprint density at radius 3 is 2.29 bits per heavy atom. The molecule has 0 radical (unpaired) electrons. The van der Waals surface area contributed by atoms with Gasteiger partial charge in [0, 0.05) is 18.7 Å². The summed E-state index contributed by atoms with van der Waals surface area (Å²) in [4.78, 5) is 23.8. The van der Waals surface area contributed by atoms with Crippen molar-refractivity contribution in [2.45, 2.75) is 12.8 Å². The molecule has 1 heterocycles. The molecule has 0 saturated carbocycles. The van der Waals surface area contributed by atoms with Crippen LogP contribution in [-0.2, 0) is 15.5 Å². The van der Waals surface area contributed by atoms with Crippen LogP contribution in [0.1, 0.15) is 12.5 Å². The molecule has 0 aliphatic carbocycles. The highest BCUT2D eigenvalue weighted by Crippen LogP contribution is 2.33. The summed E-state index contributed by atoms with van der Waals surface area (Å²) in [6.07, 6.45) is 0. The van der Waals surface area contributed by atoms with E-state index >= 15 is 0 Å². The number of hydrogen-bond donors (Lipinski definition) is 1. The Morgan fingerprint density at radius 2 is 1.81 bits per heavy atom. The number of nitrogens with zero attached hydrogens (tertiary/aromatic N) is 1. The van der Waals surface area contributed by atoms with Gasteiger partial charge in [0.2, 0.25) is 0 Å². The second-order valence-corrected chi connectivity index (χ2v) is 5.21. The van der Waals surface area contributed by atoms with Crippen LogP contribution in [0.4, 0.5) is 13.2 Å². The molecule has 0 spiro atoms. The molecule has 1 fully saturated rings. The number of benzene rings is 1. The van der Waals surface area contributed by atoms with Gasteiger partial charge in [0.15, 0.2) is 0 Å². The Bertz CT molecular complexity index is 559. The summed E-state index contributed by atoms with van der Waals surface area (Å²) in [6.45, 7) is 1.32. The highest BCUT2D eigenvalue weighted by Gasteiger charge is 2.48. The molecular weight excluding hydrogens is 287 g/mol. The van der Waals surface area contributed by atoms with Gasteiger partial charge >= 0.3 is 11.9 Å². The summed E-state index contributed by atoms with van der Waals surface area (Å²) < 4.78 is 41.0. The van der Waals surface area contributed by atoms with Crippen molar-refractivity contribution in [2.75, 3.05) is 13.1 Å². The van der Waals surface area contributed by atoms with Crippen molar-refractivity contribution in [3.8, 4) is 0 Å². The monoisotopic (exact) mass is 301 g/mol. The van der Waals surface area contributed by atoms with E-state index in [9.17, 15) is 22.8 Å². The van der Waals surface area contributed by atoms with Gasteiger partial charge in [-0.2, -0.15) is 8.78 Å². The minimum absolute atomic E-state index is 0.0351. The molecule has 114 valence electrons. The van der Waals surface area contributed by atoms with Crippen LogP contribution in [0.3, 0.4) is 0 Å². The smallest absolute Gasteiger partial charge is 0.349 e. The predicted octanol–water partition coefficient (Wildman–Crippen LogP) is 2.10. The Balaban J connectivity index is 2.19. The van der Waals surface area contributed by atoms with Crippen LogP contribution < -0.4 is 0 Å². The Kier molecular flexibility index (Phi) is 3.93. The number of likely N-dealkylation sites (tertiary alicyclic amines) is 1. The number of carboxylic acids is 1. The van der Waals surface area contributed by atoms with Crippen molar-refractivity contribution in [2.24, 2.45) is 11.8 Å². The minimum Gasteiger partial charge on any atom is -0.481 e. The van der Waals surface area contributed by atoms with Crippen LogP contribution in [0.2, 0.25) is 0 Å². The van der Waals surface area contributed by atoms with E-state index in [0.29, 0.717) is 0 Å². The molecule has 7 heteroatoms. The summed E-state index contributed by atoms with van der Waals surface area (Å²) in [6, 6.07) is 3.40. The van der Waals surface area contributed by atoms with Crippen LogP contribution in [0.15, 0.2) is 24.3 Å². The van der Waals surface area contributed by atoms with E-state index in [0.717, 1.165) is 29.2 Å². The van der Waals surface area contributed by atoms with Crippen LogP contribution in [-0.4, -0.2) is 35.0 Å². The van der Waals surface area contributed by atoms with E-state index in [4.69, 9.17) is 5.11 Å². The number of rotatable bonds is 3. The molecule has 2 rings (SSSR count). The molecule has 1 saturated heterocycles. The molecule has 0 unspecified atom stereocenters. The second-order valence-electron chi connectivity index (χ2n) is 5.21. The molecule has 1 aliphatic heterocycles. The van der Waals surface area contributed by atoms with Crippen LogP contribution in [0, 0.1) is 17.7 Å². The second kappa shape index (κ2) is 5.38. The third kappa shape index (κ3) is 2.86. The molecule has 4 nitrogen and oxygen atoms in total. The molecule has 0 aromatic heterocycles. The Labute approximate surface area is 119 Å². The fraction of sp³-hybridized carbons (Fsp3) is 0.429. The lowest BCUT2D eigenvalue weighted by Gasteiger charge is -2.23. The van der Waals surface area contributed by atoms with Gasteiger partial charge in [0.25, 0.3) is 5.91 Å². The third-order valence-electron chi connectivity index (χ3n) is 3.69. The summed E-state index contributed by atoms with van der Waals surface area (Å²) in [7, 11) is 0. The summed E-state index contributed by atoms with van der Waals surface area (Å²) in [5.74, 6) is -8.29. The number of amides is 1. The first-order chi connectivity index (χ1) is 9.73. The standard InChI is InChI=1S/C14H14F3NO3/c1-8-6-18(7-11(8)12(19)20)13(21)14(16,17)9-2-4-10(15)5-3-9/h2-5,8,11H,6-7H2,1H3,(H,19,20)/t8-,11-/m1/s1. The Hall–Kier alpha value is -2.05. The van der Waals surface area contributed by atoms with Crippen molar-refractivity contribution in [3.05, 3.63) is 35.6 Å². The van der Waals surface area contributed by atoms with Gasteiger partial charge in [0.1, 0.15) is 5.82 Å². The van der Waals surface area contributed by atoms with Crippen molar-refractivity contribution in [1.29, 1.82) is 0 Å². The zero-order valence-corrected chi connectivity index (χ0v) is 11.2. The molecule has 1 amide bonds. The lowest BCUT2D eigenvalue weighted by atomic mass is 9.99. The van der Waals surface area contributed by atoms with E-state index in [-0.39, 0.29) is 13.1 Å².